The van der Waals surface area contributed by atoms with Gasteiger partial charge in [-0.2, -0.15) is 9.97 Å². The predicted molar refractivity (Wildman–Crippen MR) is 200 cm³/mol. The molecule has 15 heteroatoms. The van der Waals surface area contributed by atoms with Crippen molar-refractivity contribution in [2.24, 2.45) is 0 Å². The molecule has 4 aromatic rings. The number of benzene rings is 3. The Labute approximate surface area is 321 Å². The van der Waals surface area contributed by atoms with Gasteiger partial charge in [-0.15, -0.1) is 0 Å². The summed E-state index contributed by atoms with van der Waals surface area (Å²) < 4.78 is 101. The normalized spacial score (nSPS) is 25.1. The summed E-state index contributed by atoms with van der Waals surface area (Å²) in [4.78, 5) is 28.5. The Kier molecular flexibility index (Phi) is 9.70. The molecule has 4 aliphatic heterocycles. The number of piperazine rings is 1. The second-order valence-corrected chi connectivity index (χ2v) is 16.8. The Morgan fingerprint density at radius 2 is 1.88 bits per heavy atom. The zero-order valence-electron chi connectivity index (χ0n) is 32.1. The molecule has 2 bridgehead atoms. The summed E-state index contributed by atoms with van der Waals surface area (Å²) in [5.74, 6) is -1.77. The van der Waals surface area contributed by atoms with Gasteiger partial charge in [0.15, 0.2) is 12.6 Å². The fourth-order valence-electron chi connectivity index (χ4n) is 9.45. The van der Waals surface area contributed by atoms with E-state index in [-0.39, 0.29) is 83.8 Å². The summed E-state index contributed by atoms with van der Waals surface area (Å²) >= 11 is 0. The summed E-state index contributed by atoms with van der Waals surface area (Å²) in [7, 11) is 1.41. The summed E-state index contributed by atoms with van der Waals surface area (Å²) in [5, 5.41) is 0.285. The average molecular weight is 784 g/mol. The number of hydrogen-bond acceptors (Lipinski definition) is 9. The first-order valence-electron chi connectivity index (χ1n) is 19.1. The highest BCUT2D eigenvalue weighted by molar-refractivity contribution is 6.03. The third kappa shape index (κ3) is 6.73. The fraction of sp³-hybridized carbons (Fsp3) is 0.537. The van der Waals surface area contributed by atoms with Gasteiger partial charge in [-0.25, -0.2) is 26.7 Å². The van der Waals surface area contributed by atoms with E-state index < -0.39 is 58.1 Å². The third-order valence-electron chi connectivity index (χ3n) is 11.7. The molecule has 0 radical (unpaired) electrons. The zero-order chi connectivity index (χ0) is 39.7. The van der Waals surface area contributed by atoms with E-state index in [2.05, 4.69) is 9.88 Å². The lowest BCUT2D eigenvalue weighted by Gasteiger charge is -2.47. The molecule has 10 nitrogen and oxygen atoms in total. The number of alkyl halides is 3. The van der Waals surface area contributed by atoms with E-state index in [1.807, 2.05) is 11.8 Å². The van der Waals surface area contributed by atoms with Crippen LogP contribution in [0.5, 0.6) is 11.8 Å². The fourth-order valence-corrected chi connectivity index (χ4v) is 9.45. The second-order valence-electron chi connectivity index (χ2n) is 16.8. The maximum Gasteiger partial charge on any atom is 0.411 e. The van der Waals surface area contributed by atoms with Crippen LogP contribution in [0.3, 0.4) is 0 Å². The molecule has 0 unspecified atom stereocenters. The van der Waals surface area contributed by atoms with Gasteiger partial charge in [0.05, 0.1) is 22.7 Å². The van der Waals surface area contributed by atoms with E-state index in [9.17, 15) is 18.0 Å². The maximum absolute atomic E-state index is 17.4. The van der Waals surface area contributed by atoms with Crippen molar-refractivity contribution in [3.05, 3.63) is 53.6 Å². The Balaban J connectivity index is 1.27. The molecule has 3 aromatic carbocycles. The number of carbonyl (C=O) groups is 1. The van der Waals surface area contributed by atoms with Gasteiger partial charge < -0.3 is 23.8 Å². The van der Waals surface area contributed by atoms with Gasteiger partial charge in [0.25, 0.3) is 6.43 Å². The summed E-state index contributed by atoms with van der Waals surface area (Å²) in [6, 6.07) is 7.71. The van der Waals surface area contributed by atoms with Crippen LogP contribution in [0.2, 0.25) is 0 Å². The Hall–Kier alpha value is -4.50. The molecule has 0 saturated carbocycles. The van der Waals surface area contributed by atoms with Crippen LogP contribution in [0.4, 0.5) is 32.6 Å². The van der Waals surface area contributed by atoms with E-state index in [0.717, 1.165) is 19.0 Å². The highest BCUT2D eigenvalue weighted by atomic mass is 19.3. The van der Waals surface area contributed by atoms with Crippen LogP contribution in [-0.2, 0) is 9.47 Å². The van der Waals surface area contributed by atoms with E-state index in [1.165, 1.54) is 31.4 Å². The summed E-state index contributed by atoms with van der Waals surface area (Å²) in [5.41, 5.74) is -3.39. The average Bonchev–Trinajstić information content (AvgIpc) is 3.73. The van der Waals surface area contributed by atoms with Crippen LogP contribution in [0.15, 0.2) is 36.4 Å². The molecule has 1 aromatic heterocycles. The smallest absolute Gasteiger partial charge is 0.411 e. The number of amides is 1. The van der Waals surface area contributed by atoms with Gasteiger partial charge in [-0.1, -0.05) is 18.2 Å². The first-order chi connectivity index (χ1) is 26.6. The Morgan fingerprint density at radius 1 is 1.07 bits per heavy atom. The molecule has 56 heavy (non-hydrogen) atoms. The Bertz CT molecular complexity index is 2190. The first-order valence-corrected chi connectivity index (χ1v) is 19.1. The number of carbonyl (C=O) groups excluding carboxylic acids is 1. The third-order valence-corrected chi connectivity index (χ3v) is 11.7. The number of methoxy groups -OCH3 is 1. The van der Waals surface area contributed by atoms with Crippen molar-refractivity contribution in [3.63, 3.8) is 0 Å². The van der Waals surface area contributed by atoms with Crippen molar-refractivity contribution in [3.8, 4) is 22.9 Å². The number of nitrogens with zero attached hydrogens (tertiary/aromatic N) is 5. The number of halogens is 5. The van der Waals surface area contributed by atoms with Crippen LogP contribution >= 0.6 is 0 Å². The van der Waals surface area contributed by atoms with E-state index >= 15 is 8.78 Å². The molecule has 5 heterocycles. The summed E-state index contributed by atoms with van der Waals surface area (Å²) in [6.45, 7) is 8.82. The SMILES string of the molecule is COCOc1cc(-c2c(F)cc3c(N4C[C@H]5CC[C@@](C)(C4)N5C(=O)OC(C)(C)C)nc(OC[C@]45CCCN4C[C@@H](F)C5)nc3c2F)c2c(C(F)F)cccc2c1. The van der Waals surface area contributed by atoms with Gasteiger partial charge in [0.1, 0.15) is 41.3 Å². The largest absolute Gasteiger partial charge is 0.468 e. The monoisotopic (exact) mass is 783 g/mol. The lowest BCUT2D eigenvalue weighted by Crippen LogP contribution is -2.63. The van der Waals surface area contributed by atoms with Gasteiger partial charge in [-0.3, -0.25) is 9.80 Å². The molecule has 4 atom stereocenters. The predicted octanol–water partition coefficient (Wildman–Crippen LogP) is 8.58. The van der Waals surface area contributed by atoms with Crippen molar-refractivity contribution in [2.75, 3.05) is 51.6 Å². The highest BCUT2D eigenvalue weighted by Gasteiger charge is 2.53. The van der Waals surface area contributed by atoms with Crippen LogP contribution in [0.25, 0.3) is 32.8 Å². The molecule has 8 rings (SSSR count). The number of aromatic nitrogens is 2. The molecule has 1 amide bonds. The lowest BCUT2D eigenvalue weighted by molar-refractivity contribution is -0.00281. The van der Waals surface area contributed by atoms with Crippen molar-refractivity contribution in [2.45, 2.75) is 95.1 Å². The first kappa shape index (κ1) is 38.4. The van der Waals surface area contributed by atoms with E-state index in [0.29, 0.717) is 25.8 Å². The minimum Gasteiger partial charge on any atom is -0.468 e. The molecule has 0 spiro atoms. The second kappa shape index (κ2) is 14.2. The molecule has 300 valence electrons. The number of ether oxygens (including phenoxy) is 4. The van der Waals surface area contributed by atoms with E-state index in [1.54, 1.807) is 31.7 Å². The summed E-state index contributed by atoms with van der Waals surface area (Å²) in [6.07, 6.45) is -1.18. The van der Waals surface area contributed by atoms with Crippen molar-refractivity contribution >= 4 is 33.6 Å². The molecular formula is C41H46F5N5O5. The zero-order valence-corrected chi connectivity index (χ0v) is 32.1. The number of rotatable bonds is 9. The highest BCUT2D eigenvalue weighted by Crippen LogP contribution is 2.46. The molecule has 4 fully saturated rings. The van der Waals surface area contributed by atoms with Crippen LogP contribution < -0.4 is 14.4 Å². The standard InChI is InChI=1S/C41H46F5N5O5/c1-39(2,3)56-38(52)51-25-10-12-40(51,4)20-49(19-25)36-29-16-30(43)32(28-15-26(55-22-53-5)14-23-8-6-9-27(31(23)28)35(45)46)33(44)34(29)47-37(48-36)54-21-41-11-7-13-50(41)18-24(42)17-41/h6,8-9,14-16,24-25,35H,7,10-13,17-22H2,1-5H3/t24-,25+,40-,41+/m0/s1. The van der Waals surface area contributed by atoms with Gasteiger partial charge in [-0.05, 0) is 94.5 Å². The quantitative estimate of drug-likeness (QED) is 0.122. The van der Waals surface area contributed by atoms with Crippen LogP contribution in [0, 0.1) is 11.6 Å². The lowest BCUT2D eigenvalue weighted by atomic mass is 9.92. The molecular weight excluding hydrogens is 737 g/mol. The van der Waals surface area contributed by atoms with Crippen molar-refractivity contribution in [1.82, 2.24) is 19.8 Å². The van der Waals surface area contributed by atoms with Gasteiger partial charge in [0, 0.05) is 44.1 Å². The molecule has 4 aliphatic rings. The number of hydrogen-bond donors (Lipinski definition) is 0. The van der Waals surface area contributed by atoms with Crippen molar-refractivity contribution < 1.29 is 45.7 Å². The van der Waals surface area contributed by atoms with Crippen LogP contribution in [0.1, 0.15) is 71.8 Å². The minimum absolute atomic E-state index is 0.0413. The molecule has 0 aliphatic carbocycles. The van der Waals surface area contributed by atoms with Crippen LogP contribution in [-0.4, -0.2) is 101 Å². The molecule has 4 saturated heterocycles. The van der Waals surface area contributed by atoms with E-state index in [4.69, 9.17) is 23.9 Å². The number of fused-ring (bicyclic) bond motifs is 5. The van der Waals surface area contributed by atoms with Crippen molar-refractivity contribution in [1.29, 1.82) is 0 Å². The Morgan fingerprint density at radius 3 is 2.61 bits per heavy atom. The van der Waals surface area contributed by atoms with Gasteiger partial charge in [0.2, 0.25) is 0 Å². The molecule has 0 N–H and O–H groups in total. The number of anilines is 1. The van der Waals surface area contributed by atoms with Gasteiger partial charge >= 0.3 is 12.1 Å². The maximum atomic E-state index is 17.4. The topological polar surface area (TPSA) is 89.5 Å². The minimum atomic E-state index is -2.95.